The molecule has 0 unspecified atom stereocenters. The van der Waals surface area contributed by atoms with E-state index >= 15 is 0 Å². The summed E-state index contributed by atoms with van der Waals surface area (Å²) in [6.07, 6.45) is 0. The number of hydrogen-bond acceptors (Lipinski definition) is 4. The second-order valence-corrected chi connectivity index (χ2v) is 5.60. The summed E-state index contributed by atoms with van der Waals surface area (Å²) in [5.41, 5.74) is 0. The molecule has 0 aromatic carbocycles. The van der Waals surface area contributed by atoms with Gasteiger partial charge < -0.3 is 4.74 Å². The molecule has 0 heterocycles. The molecule has 0 spiro atoms. The van der Waals surface area contributed by atoms with Crippen molar-refractivity contribution < 1.29 is 17.9 Å². The fraction of sp³-hybridized carbons (Fsp3) is 0.875. The van der Waals surface area contributed by atoms with E-state index in [1.807, 2.05) is 0 Å². The molecule has 0 fully saturated rings. The molecule has 0 N–H and O–H groups in total. The van der Waals surface area contributed by atoms with Crippen LogP contribution in [0, 0.1) is 0 Å². The fourth-order valence-electron chi connectivity index (χ4n) is 0.932. The van der Waals surface area contributed by atoms with E-state index in [1.165, 1.54) is 21.2 Å². The van der Waals surface area contributed by atoms with Gasteiger partial charge in [-0.1, -0.05) is 0 Å². The van der Waals surface area contributed by atoms with Crippen LogP contribution < -0.4 is 0 Å². The van der Waals surface area contributed by atoms with Crippen molar-refractivity contribution in [2.45, 2.75) is 19.9 Å². The summed E-state index contributed by atoms with van der Waals surface area (Å²) in [5, 5.41) is 0. The number of methoxy groups -OCH3 is 1. The Morgan fingerprint density at radius 2 is 1.80 bits per heavy atom. The summed E-state index contributed by atoms with van der Waals surface area (Å²) in [6, 6.07) is -0.295. The molecule has 0 aliphatic rings. The lowest BCUT2D eigenvalue weighted by atomic mass is 10.4. The molecule has 0 saturated heterocycles. The lowest BCUT2D eigenvalue weighted by molar-refractivity contribution is -0.141. The number of ether oxygens (including phenoxy) is 1. The first kappa shape index (κ1) is 14.3. The highest BCUT2D eigenvalue weighted by Gasteiger charge is 2.29. The Labute approximate surface area is 91.0 Å². The number of esters is 1. The normalized spacial score (nSPS) is 12.5. The van der Waals surface area contributed by atoms with Gasteiger partial charge in [0, 0.05) is 20.1 Å². The standard InChI is InChI=1S/C8H18N2O4S/c1-7(2)10(6-8(11)14-5)15(12,13)9(3)4/h7H,6H2,1-5H3. The molecular formula is C8H18N2O4S. The minimum atomic E-state index is -3.58. The van der Waals surface area contributed by atoms with Crippen LogP contribution in [0.1, 0.15) is 13.8 Å². The van der Waals surface area contributed by atoms with Gasteiger partial charge in [0.05, 0.1) is 7.11 Å². The first-order valence-electron chi connectivity index (χ1n) is 4.49. The third-order valence-corrected chi connectivity index (χ3v) is 3.91. The zero-order chi connectivity index (χ0) is 12.2. The number of rotatable bonds is 5. The maximum atomic E-state index is 11.8. The van der Waals surface area contributed by atoms with E-state index in [0.717, 1.165) is 8.61 Å². The van der Waals surface area contributed by atoms with Crippen molar-refractivity contribution in [2.24, 2.45) is 0 Å². The van der Waals surface area contributed by atoms with Crippen LogP contribution in [0.3, 0.4) is 0 Å². The highest BCUT2D eigenvalue weighted by atomic mass is 32.2. The van der Waals surface area contributed by atoms with Gasteiger partial charge in [0.15, 0.2) is 0 Å². The zero-order valence-electron chi connectivity index (χ0n) is 9.72. The highest BCUT2D eigenvalue weighted by molar-refractivity contribution is 7.86. The first-order chi connectivity index (χ1) is 6.73. The molecular weight excluding hydrogens is 220 g/mol. The third-order valence-electron chi connectivity index (χ3n) is 1.85. The average molecular weight is 238 g/mol. The van der Waals surface area contributed by atoms with Crippen molar-refractivity contribution in [1.29, 1.82) is 0 Å². The van der Waals surface area contributed by atoms with Gasteiger partial charge in [-0.3, -0.25) is 4.79 Å². The van der Waals surface area contributed by atoms with Gasteiger partial charge in [0.1, 0.15) is 6.54 Å². The molecule has 0 amide bonds. The Bertz CT molecular complexity index is 311. The summed E-state index contributed by atoms with van der Waals surface area (Å²) in [7, 11) is 0.485. The van der Waals surface area contributed by atoms with Crippen LogP contribution in [-0.4, -0.2) is 56.8 Å². The number of hydrogen-bond donors (Lipinski definition) is 0. The van der Waals surface area contributed by atoms with Gasteiger partial charge in [-0.2, -0.15) is 17.0 Å². The monoisotopic (exact) mass is 238 g/mol. The van der Waals surface area contributed by atoms with E-state index in [0.29, 0.717) is 0 Å². The predicted molar refractivity (Wildman–Crippen MR) is 56.5 cm³/mol. The largest absolute Gasteiger partial charge is 0.468 e. The van der Waals surface area contributed by atoms with Gasteiger partial charge in [0.2, 0.25) is 0 Å². The lowest BCUT2D eigenvalue weighted by Crippen LogP contribution is -2.46. The molecule has 6 nitrogen and oxygen atoms in total. The van der Waals surface area contributed by atoms with E-state index in [1.54, 1.807) is 13.8 Å². The summed E-state index contributed by atoms with van der Waals surface area (Å²) in [5.74, 6) is -0.575. The Balaban J connectivity index is 4.91. The second-order valence-electron chi connectivity index (χ2n) is 3.51. The van der Waals surface area contributed by atoms with E-state index < -0.39 is 16.2 Å². The van der Waals surface area contributed by atoms with Crippen LogP contribution >= 0.6 is 0 Å². The minimum Gasteiger partial charge on any atom is -0.468 e. The van der Waals surface area contributed by atoms with Crippen LogP contribution in [0.4, 0.5) is 0 Å². The Morgan fingerprint density at radius 3 is 2.07 bits per heavy atom. The van der Waals surface area contributed by atoms with Gasteiger partial charge in [-0.05, 0) is 13.8 Å². The molecule has 0 aromatic heterocycles. The smallest absolute Gasteiger partial charge is 0.321 e. The van der Waals surface area contributed by atoms with E-state index in [4.69, 9.17) is 0 Å². The molecule has 0 bridgehead atoms. The summed E-state index contributed by atoms with van der Waals surface area (Å²) in [4.78, 5) is 11.0. The Hall–Kier alpha value is -0.660. The van der Waals surface area contributed by atoms with E-state index in [2.05, 4.69) is 4.74 Å². The van der Waals surface area contributed by atoms with Crippen LogP contribution in [0.5, 0.6) is 0 Å². The molecule has 0 aromatic rings. The van der Waals surface area contributed by atoms with Crippen molar-refractivity contribution in [1.82, 2.24) is 8.61 Å². The number of carbonyl (C=O) groups excluding carboxylic acids is 1. The molecule has 0 aliphatic carbocycles. The van der Waals surface area contributed by atoms with Crippen LogP contribution in [0.15, 0.2) is 0 Å². The quantitative estimate of drug-likeness (QED) is 0.615. The van der Waals surface area contributed by atoms with E-state index in [9.17, 15) is 13.2 Å². The molecule has 0 radical (unpaired) electrons. The number of nitrogens with zero attached hydrogens (tertiary/aromatic N) is 2. The van der Waals surface area contributed by atoms with Crippen molar-refractivity contribution in [2.75, 3.05) is 27.7 Å². The van der Waals surface area contributed by atoms with Gasteiger partial charge in [-0.15, -0.1) is 0 Å². The van der Waals surface area contributed by atoms with Gasteiger partial charge >= 0.3 is 5.97 Å². The third kappa shape index (κ3) is 3.77. The molecule has 0 atom stereocenters. The molecule has 0 rings (SSSR count). The molecule has 7 heteroatoms. The van der Waals surface area contributed by atoms with E-state index in [-0.39, 0.29) is 12.6 Å². The summed E-state index contributed by atoms with van der Waals surface area (Å²) >= 11 is 0. The molecule has 0 saturated carbocycles. The first-order valence-corrected chi connectivity index (χ1v) is 5.89. The van der Waals surface area contributed by atoms with Crippen LogP contribution in [0.25, 0.3) is 0 Å². The molecule has 90 valence electrons. The lowest BCUT2D eigenvalue weighted by Gasteiger charge is -2.27. The van der Waals surface area contributed by atoms with Crippen molar-refractivity contribution >= 4 is 16.2 Å². The topological polar surface area (TPSA) is 66.9 Å². The zero-order valence-corrected chi connectivity index (χ0v) is 10.5. The summed E-state index contributed by atoms with van der Waals surface area (Å²) in [6.45, 7) is 3.13. The highest BCUT2D eigenvalue weighted by Crippen LogP contribution is 2.09. The van der Waals surface area contributed by atoms with Crippen molar-refractivity contribution in [3.8, 4) is 0 Å². The molecule has 0 aliphatic heterocycles. The Kier molecular flexibility index (Phi) is 5.19. The average Bonchev–Trinajstić information content (AvgIpc) is 2.12. The maximum Gasteiger partial charge on any atom is 0.321 e. The SMILES string of the molecule is COC(=O)CN(C(C)C)S(=O)(=O)N(C)C. The van der Waals surface area contributed by atoms with Gasteiger partial charge in [0.25, 0.3) is 10.2 Å². The molecule has 15 heavy (non-hydrogen) atoms. The second kappa shape index (κ2) is 5.43. The minimum absolute atomic E-state index is 0.269. The predicted octanol–water partition coefficient (Wildman–Crippen LogP) is -0.324. The van der Waals surface area contributed by atoms with Crippen LogP contribution in [0.2, 0.25) is 0 Å². The fourth-order valence-corrected chi connectivity index (χ4v) is 2.15. The van der Waals surface area contributed by atoms with Crippen molar-refractivity contribution in [3.63, 3.8) is 0 Å². The number of carbonyl (C=O) groups is 1. The Morgan fingerprint density at radius 1 is 1.33 bits per heavy atom. The van der Waals surface area contributed by atoms with Crippen LogP contribution in [-0.2, 0) is 19.7 Å². The maximum absolute atomic E-state index is 11.8. The van der Waals surface area contributed by atoms with Crippen molar-refractivity contribution in [3.05, 3.63) is 0 Å². The summed E-state index contributed by atoms with van der Waals surface area (Å²) < 4.78 is 30.1. The van der Waals surface area contributed by atoms with Gasteiger partial charge in [-0.25, -0.2) is 0 Å².